The van der Waals surface area contributed by atoms with Gasteiger partial charge in [0.2, 0.25) is 0 Å². The molecule has 0 bridgehead atoms. The Labute approximate surface area is 151 Å². The lowest BCUT2D eigenvalue weighted by atomic mass is 9.50. The largest absolute Gasteiger partial charge is 0.0805 e. The molecule has 0 N–H and O–H groups in total. The fourth-order valence-corrected chi connectivity index (χ4v) is 11.4. The van der Waals surface area contributed by atoms with Gasteiger partial charge in [-0.05, 0) is 51.8 Å². The molecule has 0 radical (unpaired) electrons. The van der Waals surface area contributed by atoms with Gasteiger partial charge in [0.15, 0.2) is 0 Å². The van der Waals surface area contributed by atoms with Gasteiger partial charge in [0.1, 0.15) is 0 Å². The van der Waals surface area contributed by atoms with E-state index in [9.17, 15) is 0 Å². The molecule has 114 valence electrons. The predicted molar refractivity (Wildman–Crippen MR) is 103 cm³/mol. The van der Waals surface area contributed by atoms with Crippen LogP contribution in [0.4, 0.5) is 0 Å². The highest BCUT2D eigenvalue weighted by molar-refractivity contribution is 14.1. The highest BCUT2D eigenvalue weighted by atomic mass is 127. The quantitative estimate of drug-likeness (QED) is 0.280. The molecule has 0 aromatic rings. The van der Waals surface area contributed by atoms with E-state index in [0.29, 0.717) is 30.5 Å². The van der Waals surface area contributed by atoms with Gasteiger partial charge >= 0.3 is 0 Å². The molecule has 2 heteroatoms. The summed E-state index contributed by atoms with van der Waals surface area (Å²) in [5, 5.41) is 0. The van der Waals surface area contributed by atoms with Crippen LogP contribution in [-0.4, -0.2) is 7.35 Å². The lowest BCUT2D eigenvalue weighted by Gasteiger charge is -2.57. The summed E-state index contributed by atoms with van der Waals surface area (Å²) in [7, 11) is 0. The Balaban J connectivity index is 1.99. The minimum atomic E-state index is 0.480. The molecule has 0 aromatic carbocycles. The molecule has 0 amide bonds. The Hall–Kier alpha value is 1.46. The fraction of sp³-hybridized carbons (Fsp3) is 1.00. The Morgan fingerprint density at radius 1 is 0.950 bits per heavy atom. The summed E-state index contributed by atoms with van der Waals surface area (Å²) in [5.74, 6) is 1.80. The van der Waals surface area contributed by atoms with Gasteiger partial charge in [-0.25, -0.2) is 0 Å². The molecule has 0 spiro atoms. The number of halogens is 2. The summed E-state index contributed by atoms with van der Waals surface area (Å²) in [5.41, 5.74) is 2.64. The molecule has 6 unspecified atom stereocenters. The van der Waals surface area contributed by atoms with E-state index in [1.54, 1.807) is 0 Å². The van der Waals surface area contributed by atoms with Crippen LogP contribution >= 0.6 is 45.2 Å². The molecule has 0 saturated heterocycles. The molecule has 4 rings (SSSR count). The summed E-state index contributed by atoms with van der Waals surface area (Å²) in [6, 6.07) is 0. The van der Waals surface area contributed by atoms with Crippen LogP contribution in [0.1, 0.15) is 61.3 Å². The van der Waals surface area contributed by atoms with Crippen molar-refractivity contribution in [2.75, 3.05) is 0 Å². The van der Waals surface area contributed by atoms with E-state index in [2.05, 4.69) is 93.6 Å². The molecule has 20 heavy (non-hydrogen) atoms. The third kappa shape index (κ3) is 1.02. The first-order chi connectivity index (χ1) is 8.86. The van der Waals surface area contributed by atoms with Crippen molar-refractivity contribution >= 4 is 45.2 Å². The van der Waals surface area contributed by atoms with E-state index in [-0.39, 0.29) is 0 Å². The van der Waals surface area contributed by atoms with Crippen LogP contribution in [0.15, 0.2) is 0 Å². The second-order valence-corrected chi connectivity index (χ2v) is 13.1. The summed E-state index contributed by atoms with van der Waals surface area (Å²) < 4.78 is 1.43. The standard InChI is InChI=1S/C18H28I2/c1-10-13(2,3)9-14(4)12(19)18(20)8-11(18)16(6)15(10,5)17(14,16)7/h10-12H,8-9H2,1-7H3/t10?,11?,12?,14-,15?,16?,17?,18+/m0/s1. The second-order valence-electron chi connectivity index (χ2n) is 9.88. The van der Waals surface area contributed by atoms with Crippen LogP contribution in [0.5, 0.6) is 0 Å². The molecule has 4 aliphatic carbocycles. The van der Waals surface area contributed by atoms with E-state index in [0.717, 1.165) is 15.8 Å². The molecule has 0 heterocycles. The topological polar surface area (TPSA) is 0 Å². The summed E-state index contributed by atoms with van der Waals surface area (Å²) >= 11 is 5.70. The lowest BCUT2D eigenvalue weighted by Crippen LogP contribution is -2.54. The van der Waals surface area contributed by atoms with Crippen molar-refractivity contribution in [2.45, 2.75) is 68.7 Å². The van der Waals surface area contributed by atoms with E-state index in [1.165, 1.54) is 12.8 Å². The number of rotatable bonds is 0. The summed E-state index contributed by atoms with van der Waals surface area (Å²) in [6.07, 6.45) is 2.89. The Kier molecular flexibility index (Phi) is 2.48. The zero-order chi connectivity index (χ0) is 15.1. The first-order valence-electron chi connectivity index (χ1n) is 8.19. The van der Waals surface area contributed by atoms with Crippen molar-refractivity contribution in [3.05, 3.63) is 0 Å². The van der Waals surface area contributed by atoms with Crippen molar-refractivity contribution < 1.29 is 0 Å². The van der Waals surface area contributed by atoms with Gasteiger partial charge in [-0.1, -0.05) is 93.6 Å². The molecule has 4 aliphatic rings. The van der Waals surface area contributed by atoms with Crippen LogP contribution < -0.4 is 0 Å². The SMILES string of the molecule is CC1C(C)(C)C[C@@]2(C)C(I)[C@@]3(I)CC3C3(C)C1(C)C32C. The first-order valence-corrected chi connectivity index (χ1v) is 10.5. The third-order valence-corrected chi connectivity index (χ3v) is 15.2. The highest BCUT2D eigenvalue weighted by Gasteiger charge is 2.97. The monoisotopic (exact) mass is 498 g/mol. The third-order valence-electron chi connectivity index (χ3n) is 9.71. The minimum Gasteiger partial charge on any atom is -0.0805 e. The van der Waals surface area contributed by atoms with Crippen molar-refractivity contribution in [3.8, 4) is 0 Å². The first kappa shape index (κ1) is 15.0. The lowest BCUT2D eigenvalue weighted by molar-refractivity contribution is -0.0487. The van der Waals surface area contributed by atoms with Gasteiger partial charge in [-0.3, -0.25) is 0 Å². The van der Waals surface area contributed by atoms with Crippen LogP contribution in [0.3, 0.4) is 0 Å². The molecular formula is C18H28I2. The van der Waals surface area contributed by atoms with E-state index in [1.807, 2.05) is 0 Å². The Morgan fingerprint density at radius 3 is 2.05 bits per heavy atom. The average Bonchev–Trinajstić information content (AvgIpc) is 3.14. The number of hydrogen-bond donors (Lipinski definition) is 0. The maximum atomic E-state index is 2.85. The molecule has 4 saturated carbocycles. The van der Waals surface area contributed by atoms with Crippen molar-refractivity contribution in [3.63, 3.8) is 0 Å². The van der Waals surface area contributed by atoms with Crippen LogP contribution in [0.2, 0.25) is 0 Å². The Bertz CT molecular complexity index is 528. The number of hydrogen-bond acceptors (Lipinski definition) is 0. The van der Waals surface area contributed by atoms with E-state index >= 15 is 0 Å². The molecule has 4 fully saturated rings. The minimum absolute atomic E-state index is 0.480. The zero-order valence-electron chi connectivity index (χ0n) is 13.9. The molecule has 0 nitrogen and oxygen atoms in total. The van der Waals surface area contributed by atoms with Crippen LogP contribution in [0, 0.1) is 38.9 Å². The average molecular weight is 498 g/mol. The summed E-state index contributed by atoms with van der Waals surface area (Å²) in [6.45, 7) is 18.3. The van der Waals surface area contributed by atoms with Crippen molar-refractivity contribution in [1.29, 1.82) is 0 Å². The van der Waals surface area contributed by atoms with Crippen molar-refractivity contribution in [1.82, 2.24) is 0 Å². The predicted octanol–water partition coefficient (Wildman–Crippen LogP) is 6.10. The van der Waals surface area contributed by atoms with E-state index < -0.39 is 0 Å². The zero-order valence-corrected chi connectivity index (χ0v) is 18.2. The number of alkyl halides is 2. The molecule has 0 aliphatic heterocycles. The highest BCUT2D eigenvalue weighted by Crippen LogP contribution is 3.00. The van der Waals surface area contributed by atoms with Gasteiger partial charge in [0.05, 0.1) is 0 Å². The Morgan fingerprint density at radius 2 is 1.50 bits per heavy atom. The van der Waals surface area contributed by atoms with Gasteiger partial charge in [0.25, 0.3) is 0 Å². The number of fused-ring (bicyclic) bond motifs is 3. The van der Waals surface area contributed by atoms with Gasteiger partial charge < -0.3 is 0 Å². The molecule has 8 atom stereocenters. The maximum Gasteiger partial charge on any atom is 0.0382 e. The molecular weight excluding hydrogens is 470 g/mol. The summed E-state index contributed by atoms with van der Waals surface area (Å²) in [4.78, 5) is 0. The van der Waals surface area contributed by atoms with Gasteiger partial charge in [-0.2, -0.15) is 0 Å². The molecule has 0 aromatic heterocycles. The second kappa shape index (κ2) is 3.30. The van der Waals surface area contributed by atoms with Gasteiger partial charge in [0, 0.05) is 7.35 Å². The van der Waals surface area contributed by atoms with Gasteiger partial charge in [-0.15, -0.1) is 0 Å². The van der Waals surface area contributed by atoms with Crippen molar-refractivity contribution in [2.24, 2.45) is 38.9 Å². The van der Waals surface area contributed by atoms with E-state index in [4.69, 9.17) is 0 Å². The maximum absolute atomic E-state index is 2.85. The smallest absolute Gasteiger partial charge is 0.0382 e. The normalized spacial score (nSPS) is 72.8. The van der Waals surface area contributed by atoms with Crippen LogP contribution in [-0.2, 0) is 0 Å². The van der Waals surface area contributed by atoms with Crippen LogP contribution in [0.25, 0.3) is 0 Å². The fourth-order valence-electron chi connectivity index (χ4n) is 8.12.